The van der Waals surface area contributed by atoms with E-state index in [1.54, 1.807) is 22.2 Å². The number of rotatable bonds is 2. The van der Waals surface area contributed by atoms with Gasteiger partial charge in [0.15, 0.2) is 0 Å². The molecule has 0 N–H and O–H groups in total. The van der Waals surface area contributed by atoms with Gasteiger partial charge < -0.3 is 9.64 Å². The average molecular weight is 374 g/mol. The molecule has 7 heteroatoms. The molecule has 2 aliphatic rings. The van der Waals surface area contributed by atoms with Crippen LogP contribution in [0.3, 0.4) is 0 Å². The number of cyclic esters (lactones) is 1. The lowest BCUT2D eigenvalue weighted by atomic mass is 10.0. The van der Waals surface area contributed by atoms with Crippen LogP contribution in [0.4, 0.5) is 4.79 Å². The third kappa shape index (κ3) is 2.76. The van der Waals surface area contributed by atoms with Crippen LogP contribution in [0.15, 0.2) is 54.9 Å². The number of aromatic nitrogens is 2. The quantitative estimate of drug-likeness (QED) is 0.689. The Balaban J connectivity index is 1.54. The van der Waals surface area contributed by atoms with E-state index in [0.29, 0.717) is 37.5 Å². The number of fused-ring (bicyclic) bond motifs is 2. The summed E-state index contributed by atoms with van der Waals surface area (Å²) in [6, 6.07) is 13.2. The lowest BCUT2D eigenvalue weighted by Gasteiger charge is -2.35. The third-order valence-corrected chi connectivity index (χ3v) is 5.31. The smallest absolute Gasteiger partial charge is 0.410 e. The summed E-state index contributed by atoms with van der Waals surface area (Å²) in [7, 11) is 0. The number of nitrogens with zero attached hydrogens (tertiary/aromatic N) is 4. The lowest BCUT2D eigenvalue weighted by molar-refractivity contribution is 0.0619. The van der Waals surface area contributed by atoms with Gasteiger partial charge in [0.1, 0.15) is 6.61 Å². The van der Waals surface area contributed by atoms with E-state index in [1.165, 1.54) is 0 Å². The Morgan fingerprint density at radius 3 is 2.89 bits per heavy atom. The first-order valence-corrected chi connectivity index (χ1v) is 9.23. The van der Waals surface area contributed by atoms with Crippen LogP contribution in [0, 0.1) is 0 Å². The van der Waals surface area contributed by atoms with Gasteiger partial charge in [-0.2, -0.15) is 0 Å². The molecular weight excluding hydrogens is 356 g/mol. The fraction of sp³-hybridized carbons (Fsp3) is 0.238. The molecule has 0 saturated carbocycles. The Morgan fingerprint density at radius 1 is 1.14 bits per heavy atom. The molecule has 28 heavy (non-hydrogen) atoms. The number of hydrogen-bond donors (Lipinski definition) is 0. The molecule has 0 unspecified atom stereocenters. The standard InChI is InChI=1S/C21H18N4O3/c26-20(24-8-9-25-15(12-24)13-28-21(25)27)17-10-19(14-4-3-7-22-11-14)23-18-6-2-1-5-16(17)18/h1-7,10-11,15H,8-9,12-13H2/t15-/m0/s1. The first-order chi connectivity index (χ1) is 13.7. The van der Waals surface area contributed by atoms with Crippen LogP contribution in [-0.4, -0.2) is 64.1 Å². The summed E-state index contributed by atoms with van der Waals surface area (Å²) in [5.41, 5.74) is 2.96. The van der Waals surface area contributed by atoms with Gasteiger partial charge in [0, 0.05) is 43.0 Å². The molecule has 0 bridgehead atoms. The van der Waals surface area contributed by atoms with Gasteiger partial charge in [-0.05, 0) is 24.3 Å². The van der Waals surface area contributed by atoms with Crippen molar-refractivity contribution < 1.29 is 14.3 Å². The van der Waals surface area contributed by atoms with Crippen molar-refractivity contribution >= 4 is 22.9 Å². The maximum atomic E-state index is 13.4. The second-order valence-electron chi connectivity index (χ2n) is 6.99. The minimum atomic E-state index is -0.287. The maximum Gasteiger partial charge on any atom is 0.410 e. The van der Waals surface area contributed by atoms with Crippen molar-refractivity contribution in [1.29, 1.82) is 0 Å². The molecule has 4 heterocycles. The van der Waals surface area contributed by atoms with Crippen LogP contribution in [0.1, 0.15) is 10.4 Å². The molecule has 1 aromatic carbocycles. The third-order valence-electron chi connectivity index (χ3n) is 5.31. The van der Waals surface area contributed by atoms with Gasteiger partial charge in [0.25, 0.3) is 5.91 Å². The fourth-order valence-corrected chi connectivity index (χ4v) is 3.86. The highest BCUT2D eigenvalue weighted by molar-refractivity contribution is 6.07. The number of ether oxygens (including phenoxy) is 1. The number of benzene rings is 1. The first kappa shape index (κ1) is 16.7. The average Bonchev–Trinajstić information content (AvgIpc) is 3.13. The van der Waals surface area contributed by atoms with E-state index in [2.05, 4.69) is 4.98 Å². The Labute approximate surface area is 161 Å². The minimum absolute atomic E-state index is 0.0530. The van der Waals surface area contributed by atoms with E-state index in [4.69, 9.17) is 9.72 Å². The van der Waals surface area contributed by atoms with Crippen molar-refractivity contribution in [2.24, 2.45) is 0 Å². The Bertz CT molecular complexity index is 1070. The molecule has 140 valence electrons. The Hall–Kier alpha value is -3.48. The molecule has 2 saturated heterocycles. The molecule has 5 rings (SSSR count). The van der Waals surface area contributed by atoms with E-state index >= 15 is 0 Å². The normalized spacial score (nSPS) is 18.9. The minimum Gasteiger partial charge on any atom is -0.447 e. The summed E-state index contributed by atoms with van der Waals surface area (Å²) in [4.78, 5) is 37.5. The molecule has 2 fully saturated rings. The van der Waals surface area contributed by atoms with E-state index in [1.807, 2.05) is 42.5 Å². The highest BCUT2D eigenvalue weighted by Gasteiger charge is 2.39. The van der Waals surface area contributed by atoms with E-state index in [-0.39, 0.29) is 18.0 Å². The number of pyridine rings is 2. The molecule has 2 aliphatic heterocycles. The molecule has 0 aliphatic carbocycles. The van der Waals surface area contributed by atoms with Crippen molar-refractivity contribution in [1.82, 2.24) is 19.8 Å². The van der Waals surface area contributed by atoms with Crippen molar-refractivity contribution in [3.8, 4) is 11.3 Å². The van der Waals surface area contributed by atoms with Crippen molar-refractivity contribution in [2.45, 2.75) is 6.04 Å². The molecule has 2 aromatic heterocycles. The maximum absolute atomic E-state index is 13.4. The summed E-state index contributed by atoms with van der Waals surface area (Å²) in [6.45, 7) is 1.79. The van der Waals surface area contributed by atoms with Gasteiger partial charge in [-0.25, -0.2) is 9.78 Å². The van der Waals surface area contributed by atoms with Crippen LogP contribution in [0.5, 0.6) is 0 Å². The molecule has 7 nitrogen and oxygen atoms in total. The van der Waals surface area contributed by atoms with E-state index < -0.39 is 0 Å². The summed E-state index contributed by atoms with van der Waals surface area (Å²) < 4.78 is 5.11. The molecular formula is C21H18N4O3. The van der Waals surface area contributed by atoms with Gasteiger partial charge >= 0.3 is 6.09 Å². The zero-order valence-electron chi connectivity index (χ0n) is 15.1. The number of amides is 2. The molecule has 0 spiro atoms. The monoisotopic (exact) mass is 374 g/mol. The number of carbonyl (C=O) groups is 2. The van der Waals surface area contributed by atoms with Gasteiger partial charge in [0.05, 0.1) is 22.8 Å². The van der Waals surface area contributed by atoms with Gasteiger partial charge in [0.2, 0.25) is 0 Å². The summed E-state index contributed by atoms with van der Waals surface area (Å²) >= 11 is 0. The molecule has 1 atom stereocenters. The van der Waals surface area contributed by atoms with E-state index in [9.17, 15) is 9.59 Å². The zero-order chi connectivity index (χ0) is 19.1. The second kappa shape index (κ2) is 6.60. The Morgan fingerprint density at radius 2 is 2.04 bits per heavy atom. The van der Waals surface area contributed by atoms with Gasteiger partial charge in [-0.15, -0.1) is 0 Å². The number of piperazine rings is 1. The first-order valence-electron chi connectivity index (χ1n) is 9.23. The lowest BCUT2D eigenvalue weighted by Crippen LogP contribution is -2.53. The SMILES string of the molecule is O=C(c1cc(-c2cccnc2)nc2ccccc12)N1CCN2C(=O)OC[C@@H]2C1. The van der Waals surface area contributed by atoms with Crippen LogP contribution >= 0.6 is 0 Å². The second-order valence-corrected chi connectivity index (χ2v) is 6.99. The predicted molar refractivity (Wildman–Crippen MR) is 103 cm³/mol. The highest BCUT2D eigenvalue weighted by atomic mass is 16.6. The number of carbonyl (C=O) groups excluding carboxylic acids is 2. The van der Waals surface area contributed by atoms with Crippen LogP contribution in [-0.2, 0) is 4.74 Å². The Kier molecular flexibility index (Phi) is 3.93. The van der Waals surface area contributed by atoms with Crippen LogP contribution < -0.4 is 0 Å². The largest absolute Gasteiger partial charge is 0.447 e. The van der Waals surface area contributed by atoms with Crippen LogP contribution in [0.2, 0.25) is 0 Å². The van der Waals surface area contributed by atoms with Crippen molar-refractivity contribution in [3.05, 3.63) is 60.4 Å². The van der Waals surface area contributed by atoms with Crippen molar-refractivity contribution in [2.75, 3.05) is 26.2 Å². The molecule has 0 radical (unpaired) electrons. The number of para-hydroxylation sites is 1. The summed E-state index contributed by atoms with van der Waals surface area (Å²) in [6.07, 6.45) is 3.16. The summed E-state index contributed by atoms with van der Waals surface area (Å²) in [5.74, 6) is -0.0530. The van der Waals surface area contributed by atoms with E-state index in [0.717, 1.165) is 16.5 Å². The predicted octanol–water partition coefficient (Wildman–Crippen LogP) is 2.57. The fourth-order valence-electron chi connectivity index (χ4n) is 3.86. The molecule has 3 aromatic rings. The highest BCUT2D eigenvalue weighted by Crippen LogP contribution is 2.27. The zero-order valence-corrected chi connectivity index (χ0v) is 15.1. The van der Waals surface area contributed by atoms with Crippen molar-refractivity contribution in [3.63, 3.8) is 0 Å². The molecule has 2 amide bonds. The summed E-state index contributed by atoms with van der Waals surface area (Å²) in [5, 5.41) is 0.821. The van der Waals surface area contributed by atoms with Gasteiger partial charge in [-0.3, -0.25) is 14.7 Å². The topological polar surface area (TPSA) is 75.6 Å². The number of hydrogen-bond acceptors (Lipinski definition) is 5. The van der Waals surface area contributed by atoms with Crippen LogP contribution in [0.25, 0.3) is 22.2 Å². The van der Waals surface area contributed by atoms with Gasteiger partial charge in [-0.1, -0.05) is 18.2 Å².